The summed E-state index contributed by atoms with van der Waals surface area (Å²) in [6.07, 6.45) is -3.39. The van der Waals surface area contributed by atoms with E-state index >= 15 is 0 Å². The van der Waals surface area contributed by atoms with Crippen molar-refractivity contribution >= 4 is 34.1 Å². The standard InChI is InChI=1S/C17H11ClF3N3O2/c18-12-6-3-5-11(17(19,20)21)15(12)24-14(25)8-26-16-10-4-1-2-7-13(10)22-9-23-16/h1-7,9H,8H2,(H,24,25). The first-order valence-corrected chi connectivity index (χ1v) is 7.72. The molecule has 26 heavy (non-hydrogen) atoms. The molecule has 2 aromatic carbocycles. The van der Waals surface area contributed by atoms with Crippen LogP contribution >= 0.6 is 11.6 Å². The van der Waals surface area contributed by atoms with Crippen molar-refractivity contribution in [3.05, 3.63) is 59.4 Å². The zero-order valence-electron chi connectivity index (χ0n) is 13.0. The molecule has 1 N–H and O–H groups in total. The molecule has 0 fully saturated rings. The number of carbonyl (C=O) groups is 1. The number of carbonyl (C=O) groups excluding carboxylic acids is 1. The van der Waals surface area contributed by atoms with Gasteiger partial charge in [-0.15, -0.1) is 0 Å². The number of nitrogens with zero attached hydrogens (tertiary/aromatic N) is 2. The summed E-state index contributed by atoms with van der Waals surface area (Å²) >= 11 is 5.80. The van der Waals surface area contributed by atoms with E-state index in [1.807, 2.05) is 0 Å². The van der Waals surface area contributed by atoms with Crippen molar-refractivity contribution < 1.29 is 22.7 Å². The van der Waals surface area contributed by atoms with Crippen molar-refractivity contribution in [2.45, 2.75) is 6.18 Å². The average Bonchev–Trinajstić information content (AvgIpc) is 2.60. The van der Waals surface area contributed by atoms with Gasteiger partial charge in [-0.05, 0) is 24.3 Å². The molecule has 0 bridgehead atoms. The SMILES string of the molecule is O=C(COc1ncnc2ccccc12)Nc1c(Cl)cccc1C(F)(F)F. The van der Waals surface area contributed by atoms with Crippen LogP contribution in [0.3, 0.4) is 0 Å². The number of halogens is 4. The molecule has 0 spiro atoms. The van der Waals surface area contributed by atoms with Crippen molar-refractivity contribution in [1.29, 1.82) is 0 Å². The van der Waals surface area contributed by atoms with Crippen LogP contribution in [0.25, 0.3) is 10.9 Å². The molecule has 0 aliphatic carbocycles. The molecule has 3 aromatic rings. The summed E-state index contributed by atoms with van der Waals surface area (Å²) in [4.78, 5) is 20.0. The number of amides is 1. The molecule has 5 nitrogen and oxygen atoms in total. The molecular weight excluding hydrogens is 371 g/mol. The Morgan fingerprint density at radius 3 is 2.65 bits per heavy atom. The number of anilines is 1. The molecule has 0 aliphatic rings. The molecular formula is C17H11ClF3N3O2. The van der Waals surface area contributed by atoms with Crippen molar-refractivity contribution in [1.82, 2.24) is 9.97 Å². The Hall–Kier alpha value is -2.87. The summed E-state index contributed by atoms with van der Waals surface area (Å²) in [6.45, 7) is -0.538. The van der Waals surface area contributed by atoms with Crippen LogP contribution < -0.4 is 10.1 Å². The lowest BCUT2D eigenvalue weighted by molar-refractivity contribution is -0.137. The van der Waals surface area contributed by atoms with E-state index in [0.717, 1.165) is 12.1 Å². The number of alkyl halides is 3. The first-order valence-electron chi connectivity index (χ1n) is 7.34. The first kappa shape index (κ1) is 17.9. The van der Waals surface area contributed by atoms with E-state index in [1.165, 1.54) is 12.4 Å². The molecule has 0 atom stereocenters. The van der Waals surface area contributed by atoms with E-state index in [4.69, 9.17) is 16.3 Å². The summed E-state index contributed by atoms with van der Waals surface area (Å²) in [6, 6.07) is 10.2. The van der Waals surface area contributed by atoms with Crippen molar-refractivity contribution in [2.75, 3.05) is 11.9 Å². The molecule has 0 radical (unpaired) electrons. The van der Waals surface area contributed by atoms with Gasteiger partial charge in [0.1, 0.15) is 6.33 Å². The molecule has 0 unspecified atom stereocenters. The second-order valence-electron chi connectivity index (χ2n) is 5.19. The number of aromatic nitrogens is 2. The number of ether oxygens (including phenoxy) is 1. The molecule has 3 rings (SSSR count). The van der Waals surface area contributed by atoms with Crippen LogP contribution in [0.4, 0.5) is 18.9 Å². The summed E-state index contributed by atoms with van der Waals surface area (Å²) in [7, 11) is 0. The van der Waals surface area contributed by atoms with Gasteiger partial charge >= 0.3 is 6.18 Å². The van der Waals surface area contributed by atoms with Gasteiger partial charge in [0.15, 0.2) is 6.61 Å². The van der Waals surface area contributed by atoms with Crippen molar-refractivity contribution in [3.8, 4) is 5.88 Å². The molecule has 9 heteroatoms. The number of hydrogen-bond acceptors (Lipinski definition) is 4. The quantitative estimate of drug-likeness (QED) is 0.731. The van der Waals surface area contributed by atoms with Crippen LogP contribution in [0.2, 0.25) is 5.02 Å². The van der Waals surface area contributed by atoms with Gasteiger partial charge in [-0.3, -0.25) is 4.79 Å². The number of fused-ring (bicyclic) bond motifs is 1. The Morgan fingerprint density at radius 2 is 1.88 bits per heavy atom. The highest BCUT2D eigenvalue weighted by atomic mass is 35.5. The topological polar surface area (TPSA) is 64.1 Å². The number of rotatable bonds is 4. The van der Waals surface area contributed by atoms with Crippen LogP contribution in [0.5, 0.6) is 5.88 Å². The van der Waals surface area contributed by atoms with E-state index in [9.17, 15) is 18.0 Å². The largest absolute Gasteiger partial charge is 0.467 e. The van der Waals surface area contributed by atoms with Gasteiger partial charge in [-0.1, -0.05) is 29.8 Å². The fourth-order valence-corrected chi connectivity index (χ4v) is 2.51. The van der Waals surface area contributed by atoms with E-state index in [2.05, 4.69) is 15.3 Å². The van der Waals surface area contributed by atoms with Gasteiger partial charge in [-0.25, -0.2) is 9.97 Å². The number of nitrogens with one attached hydrogen (secondary N) is 1. The van der Waals surface area contributed by atoms with Crippen LogP contribution in [0.15, 0.2) is 48.8 Å². The highest BCUT2D eigenvalue weighted by Gasteiger charge is 2.34. The second kappa shape index (κ2) is 7.17. The normalized spacial score (nSPS) is 11.4. The Labute approximate surface area is 150 Å². The Kier molecular flexibility index (Phi) is 4.94. The summed E-state index contributed by atoms with van der Waals surface area (Å²) in [5.41, 5.74) is -0.933. The number of para-hydroxylation sites is 2. The Morgan fingerprint density at radius 1 is 1.12 bits per heavy atom. The molecule has 0 aliphatic heterocycles. The fraction of sp³-hybridized carbons (Fsp3) is 0.118. The zero-order chi connectivity index (χ0) is 18.7. The summed E-state index contributed by atoms with van der Waals surface area (Å²) in [5, 5.41) is 2.50. The van der Waals surface area contributed by atoms with Crippen LogP contribution in [0, 0.1) is 0 Å². The van der Waals surface area contributed by atoms with Crippen LogP contribution in [0.1, 0.15) is 5.56 Å². The first-order chi connectivity index (χ1) is 12.4. The minimum Gasteiger partial charge on any atom is -0.467 e. The second-order valence-corrected chi connectivity index (χ2v) is 5.60. The van der Waals surface area contributed by atoms with Crippen molar-refractivity contribution in [3.63, 3.8) is 0 Å². The minimum absolute atomic E-state index is 0.154. The predicted molar refractivity (Wildman–Crippen MR) is 90.1 cm³/mol. The lowest BCUT2D eigenvalue weighted by Gasteiger charge is -2.15. The Balaban J connectivity index is 1.76. The van der Waals surface area contributed by atoms with Gasteiger partial charge < -0.3 is 10.1 Å². The highest BCUT2D eigenvalue weighted by molar-refractivity contribution is 6.34. The van der Waals surface area contributed by atoms with E-state index in [0.29, 0.717) is 10.9 Å². The number of benzene rings is 2. The maximum Gasteiger partial charge on any atom is 0.418 e. The minimum atomic E-state index is -4.66. The molecule has 0 saturated heterocycles. The van der Waals surface area contributed by atoms with Crippen LogP contribution in [-0.2, 0) is 11.0 Å². The van der Waals surface area contributed by atoms with E-state index < -0.39 is 29.9 Å². The summed E-state index contributed by atoms with van der Waals surface area (Å²) in [5.74, 6) is -0.646. The average molecular weight is 382 g/mol. The third-order valence-corrected chi connectivity index (χ3v) is 3.74. The third-order valence-electron chi connectivity index (χ3n) is 3.43. The smallest absolute Gasteiger partial charge is 0.418 e. The fourth-order valence-electron chi connectivity index (χ4n) is 2.29. The van der Waals surface area contributed by atoms with Crippen molar-refractivity contribution in [2.24, 2.45) is 0 Å². The Bertz CT molecular complexity index is 958. The maximum atomic E-state index is 13.0. The molecule has 1 heterocycles. The molecule has 134 valence electrons. The summed E-state index contributed by atoms with van der Waals surface area (Å²) < 4.78 is 44.5. The highest BCUT2D eigenvalue weighted by Crippen LogP contribution is 2.38. The van der Waals surface area contributed by atoms with Gasteiger partial charge in [-0.2, -0.15) is 13.2 Å². The maximum absolute atomic E-state index is 13.0. The van der Waals surface area contributed by atoms with Crippen LogP contribution in [-0.4, -0.2) is 22.5 Å². The van der Waals surface area contributed by atoms with Gasteiger partial charge in [0.25, 0.3) is 5.91 Å². The van der Waals surface area contributed by atoms with E-state index in [-0.39, 0.29) is 10.9 Å². The zero-order valence-corrected chi connectivity index (χ0v) is 13.8. The van der Waals surface area contributed by atoms with Gasteiger partial charge in [0.05, 0.1) is 27.2 Å². The molecule has 1 amide bonds. The number of hydrogen-bond donors (Lipinski definition) is 1. The lowest BCUT2D eigenvalue weighted by atomic mass is 10.1. The van der Waals surface area contributed by atoms with E-state index in [1.54, 1.807) is 24.3 Å². The molecule has 0 saturated carbocycles. The molecule has 1 aromatic heterocycles. The van der Waals surface area contributed by atoms with Gasteiger partial charge in [0.2, 0.25) is 5.88 Å². The third kappa shape index (κ3) is 3.85. The lowest BCUT2D eigenvalue weighted by Crippen LogP contribution is -2.23. The predicted octanol–water partition coefficient (Wildman–Crippen LogP) is 4.32. The monoisotopic (exact) mass is 381 g/mol. The van der Waals surface area contributed by atoms with Gasteiger partial charge in [0, 0.05) is 0 Å².